The van der Waals surface area contributed by atoms with E-state index in [1.54, 1.807) is 18.2 Å². The van der Waals surface area contributed by atoms with Crippen molar-refractivity contribution in [2.75, 3.05) is 11.8 Å². The Morgan fingerprint density at radius 2 is 1.80 bits per heavy atom. The van der Waals surface area contributed by atoms with Gasteiger partial charge in [0.15, 0.2) is 0 Å². The van der Waals surface area contributed by atoms with Crippen molar-refractivity contribution in [3.63, 3.8) is 0 Å². The van der Waals surface area contributed by atoms with Crippen molar-refractivity contribution in [1.82, 2.24) is 5.32 Å². The SMILES string of the molecule is CCc1ccc(NS(=O)(=O)c2ccc(CNC)s2)cc1. The van der Waals surface area contributed by atoms with Gasteiger partial charge in [-0.05, 0) is 43.3 Å². The summed E-state index contributed by atoms with van der Waals surface area (Å²) in [4.78, 5) is 0.995. The number of sulfonamides is 1. The molecular weight excluding hydrogens is 292 g/mol. The van der Waals surface area contributed by atoms with Crippen LogP contribution in [0.1, 0.15) is 17.4 Å². The molecule has 2 rings (SSSR count). The Labute approximate surface area is 123 Å². The first-order chi connectivity index (χ1) is 9.55. The zero-order chi connectivity index (χ0) is 14.6. The van der Waals surface area contributed by atoms with Crippen molar-refractivity contribution in [2.24, 2.45) is 0 Å². The van der Waals surface area contributed by atoms with Crippen LogP contribution in [0.4, 0.5) is 5.69 Å². The quantitative estimate of drug-likeness (QED) is 0.862. The van der Waals surface area contributed by atoms with Crippen LogP contribution in [0.15, 0.2) is 40.6 Å². The van der Waals surface area contributed by atoms with E-state index in [4.69, 9.17) is 0 Å². The van der Waals surface area contributed by atoms with Gasteiger partial charge in [0.1, 0.15) is 4.21 Å². The van der Waals surface area contributed by atoms with Crippen LogP contribution in [0.3, 0.4) is 0 Å². The molecule has 108 valence electrons. The summed E-state index contributed by atoms with van der Waals surface area (Å²) in [5.41, 5.74) is 1.77. The van der Waals surface area contributed by atoms with Gasteiger partial charge in [0.25, 0.3) is 10.0 Å². The van der Waals surface area contributed by atoms with Crippen molar-refractivity contribution in [2.45, 2.75) is 24.1 Å². The van der Waals surface area contributed by atoms with Crippen molar-refractivity contribution in [3.8, 4) is 0 Å². The minimum atomic E-state index is -3.49. The van der Waals surface area contributed by atoms with E-state index in [0.717, 1.165) is 11.3 Å². The summed E-state index contributed by atoms with van der Waals surface area (Å²) in [6.45, 7) is 2.74. The van der Waals surface area contributed by atoms with Crippen molar-refractivity contribution in [3.05, 3.63) is 46.8 Å². The molecule has 0 spiro atoms. The number of rotatable bonds is 6. The van der Waals surface area contributed by atoms with E-state index in [9.17, 15) is 8.42 Å². The van der Waals surface area contributed by atoms with Gasteiger partial charge in [-0.2, -0.15) is 0 Å². The molecular formula is C14H18N2O2S2. The van der Waals surface area contributed by atoms with Crippen molar-refractivity contribution < 1.29 is 8.42 Å². The first kappa shape index (κ1) is 15.0. The molecule has 0 unspecified atom stereocenters. The van der Waals surface area contributed by atoms with E-state index < -0.39 is 10.0 Å². The molecule has 1 aromatic carbocycles. The Balaban J connectivity index is 2.16. The summed E-state index contributed by atoms with van der Waals surface area (Å²) in [7, 11) is -1.65. The number of anilines is 1. The van der Waals surface area contributed by atoms with E-state index in [1.165, 1.54) is 16.9 Å². The molecule has 0 aliphatic rings. The zero-order valence-electron chi connectivity index (χ0n) is 11.5. The summed E-state index contributed by atoms with van der Waals surface area (Å²) in [6, 6.07) is 10.9. The number of hydrogen-bond donors (Lipinski definition) is 2. The van der Waals surface area contributed by atoms with E-state index in [0.29, 0.717) is 16.4 Å². The fraction of sp³-hybridized carbons (Fsp3) is 0.286. The predicted octanol–water partition coefficient (Wildman–Crippen LogP) is 2.83. The van der Waals surface area contributed by atoms with E-state index >= 15 is 0 Å². The fourth-order valence-electron chi connectivity index (χ4n) is 1.79. The molecule has 0 radical (unpaired) electrons. The zero-order valence-corrected chi connectivity index (χ0v) is 13.1. The maximum atomic E-state index is 12.3. The van der Waals surface area contributed by atoms with Gasteiger partial charge < -0.3 is 5.32 Å². The van der Waals surface area contributed by atoms with Crippen LogP contribution >= 0.6 is 11.3 Å². The molecule has 0 aliphatic heterocycles. The second kappa shape index (κ2) is 6.39. The standard InChI is InChI=1S/C14H18N2O2S2/c1-3-11-4-6-12(7-5-11)16-20(17,18)14-9-8-13(19-14)10-15-2/h4-9,15-16H,3,10H2,1-2H3. The summed E-state index contributed by atoms with van der Waals surface area (Å²) in [6.07, 6.45) is 0.936. The van der Waals surface area contributed by atoms with Gasteiger partial charge in [-0.15, -0.1) is 11.3 Å². The van der Waals surface area contributed by atoms with Crippen LogP contribution in [-0.4, -0.2) is 15.5 Å². The van der Waals surface area contributed by atoms with Crippen molar-refractivity contribution >= 4 is 27.0 Å². The average Bonchev–Trinajstić information content (AvgIpc) is 2.89. The van der Waals surface area contributed by atoms with Crippen LogP contribution in [0.25, 0.3) is 0 Å². The van der Waals surface area contributed by atoms with E-state index in [2.05, 4.69) is 17.0 Å². The smallest absolute Gasteiger partial charge is 0.271 e. The highest BCUT2D eigenvalue weighted by Crippen LogP contribution is 2.24. The molecule has 0 aliphatic carbocycles. The minimum absolute atomic E-state index is 0.335. The maximum absolute atomic E-state index is 12.3. The number of hydrogen-bond acceptors (Lipinski definition) is 4. The van der Waals surface area contributed by atoms with Crippen LogP contribution in [0.5, 0.6) is 0 Å². The summed E-state index contributed by atoms with van der Waals surface area (Å²) in [5, 5.41) is 3.01. The number of nitrogens with one attached hydrogen (secondary N) is 2. The summed E-state index contributed by atoms with van der Waals surface area (Å²) >= 11 is 1.28. The molecule has 0 saturated heterocycles. The Kier molecular flexibility index (Phi) is 4.80. The number of aryl methyl sites for hydroxylation is 1. The van der Waals surface area contributed by atoms with Crippen LogP contribution in [-0.2, 0) is 23.0 Å². The van der Waals surface area contributed by atoms with Crippen LogP contribution < -0.4 is 10.0 Å². The first-order valence-electron chi connectivity index (χ1n) is 6.40. The normalized spacial score (nSPS) is 11.5. The largest absolute Gasteiger partial charge is 0.315 e. The molecule has 20 heavy (non-hydrogen) atoms. The Morgan fingerprint density at radius 1 is 1.10 bits per heavy atom. The monoisotopic (exact) mass is 310 g/mol. The summed E-state index contributed by atoms with van der Waals surface area (Å²) in [5.74, 6) is 0. The number of benzene rings is 1. The highest BCUT2D eigenvalue weighted by atomic mass is 32.2. The topological polar surface area (TPSA) is 58.2 Å². The molecule has 2 aromatic rings. The van der Waals surface area contributed by atoms with Gasteiger partial charge in [0, 0.05) is 17.1 Å². The lowest BCUT2D eigenvalue weighted by molar-refractivity contribution is 0.603. The molecule has 1 aromatic heterocycles. The number of thiophene rings is 1. The molecule has 6 heteroatoms. The molecule has 0 fully saturated rings. The molecule has 1 heterocycles. The van der Waals surface area contributed by atoms with Crippen LogP contribution in [0.2, 0.25) is 0 Å². The van der Waals surface area contributed by atoms with Gasteiger partial charge in [-0.25, -0.2) is 8.42 Å². The third-order valence-electron chi connectivity index (χ3n) is 2.87. The van der Waals surface area contributed by atoms with E-state index in [-0.39, 0.29) is 0 Å². The molecule has 0 atom stereocenters. The highest BCUT2D eigenvalue weighted by molar-refractivity contribution is 7.94. The molecule has 2 N–H and O–H groups in total. The third kappa shape index (κ3) is 3.59. The summed E-state index contributed by atoms with van der Waals surface area (Å²) < 4.78 is 27.4. The lowest BCUT2D eigenvalue weighted by Gasteiger charge is -2.06. The van der Waals surface area contributed by atoms with Gasteiger partial charge >= 0.3 is 0 Å². The van der Waals surface area contributed by atoms with Crippen LogP contribution in [0, 0.1) is 0 Å². The lowest BCUT2D eigenvalue weighted by Crippen LogP contribution is -2.11. The van der Waals surface area contributed by atoms with Gasteiger partial charge in [0.05, 0.1) is 0 Å². The third-order valence-corrected chi connectivity index (χ3v) is 5.83. The van der Waals surface area contributed by atoms with Crippen molar-refractivity contribution in [1.29, 1.82) is 0 Å². The molecule has 0 saturated carbocycles. The predicted molar refractivity (Wildman–Crippen MR) is 83.7 cm³/mol. The second-order valence-corrected chi connectivity index (χ2v) is 7.48. The van der Waals surface area contributed by atoms with E-state index in [1.807, 2.05) is 25.2 Å². The first-order valence-corrected chi connectivity index (χ1v) is 8.70. The molecule has 4 nitrogen and oxygen atoms in total. The Morgan fingerprint density at radius 3 is 2.40 bits per heavy atom. The fourth-order valence-corrected chi connectivity index (χ4v) is 4.21. The highest BCUT2D eigenvalue weighted by Gasteiger charge is 2.16. The minimum Gasteiger partial charge on any atom is -0.315 e. The second-order valence-electron chi connectivity index (χ2n) is 4.41. The average molecular weight is 310 g/mol. The van der Waals surface area contributed by atoms with Gasteiger partial charge in [0.2, 0.25) is 0 Å². The molecule has 0 amide bonds. The maximum Gasteiger partial charge on any atom is 0.271 e. The van der Waals surface area contributed by atoms with Gasteiger partial charge in [-0.3, -0.25) is 4.72 Å². The molecule has 0 bridgehead atoms. The van der Waals surface area contributed by atoms with Gasteiger partial charge in [-0.1, -0.05) is 19.1 Å². The lowest BCUT2D eigenvalue weighted by atomic mass is 10.2. The Bertz CT molecular complexity index is 661. The Hall–Kier alpha value is -1.37.